The average molecular weight is 426 g/mol. The van der Waals surface area contributed by atoms with Gasteiger partial charge in [-0.2, -0.15) is 0 Å². The second-order valence-corrected chi connectivity index (χ2v) is 7.47. The third-order valence-electron chi connectivity index (χ3n) is 5.30. The summed E-state index contributed by atoms with van der Waals surface area (Å²) in [6.45, 7) is 8.44. The first-order valence-corrected chi connectivity index (χ1v) is 10.9. The third-order valence-corrected chi connectivity index (χ3v) is 5.30. The van der Waals surface area contributed by atoms with Gasteiger partial charge in [0, 0.05) is 43.9 Å². The highest BCUT2D eigenvalue weighted by molar-refractivity contribution is 5.81. The molecule has 1 aromatic carbocycles. The van der Waals surface area contributed by atoms with Crippen LogP contribution in [0.25, 0.3) is 0 Å². The molecule has 1 saturated heterocycles. The Morgan fingerprint density at radius 1 is 1.06 bits per heavy atom. The predicted molar refractivity (Wildman–Crippen MR) is 119 cm³/mol. The average Bonchev–Trinajstić information content (AvgIpc) is 2.79. The lowest BCUT2D eigenvalue weighted by Crippen LogP contribution is -2.53. The number of rotatable bonds is 7. The highest BCUT2D eigenvalue weighted by atomic mass is 16.5. The molecule has 0 radical (unpaired) electrons. The largest absolute Gasteiger partial charge is 0.465 e. The lowest BCUT2D eigenvalue weighted by atomic mass is 10.0. The van der Waals surface area contributed by atoms with Gasteiger partial charge in [0.1, 0.15) is 18.2 Å². The summed E-state index contributed by atoms with van der Waals surface area (Å²) < 4.78 is 4.85. The first kappa shape index (κ1) is 22.5. The van der Waals surface area contributed by atoms with Gasteiger partial charge in [-0.3, -0.25) is 4.79 Å². The smallest absolute Gasteiger partial charge is 0.325 e. The van der Waals surface area contributed by atoms with Crippen molar-refractivity contribution in [3.05, 3.63) is 53.0 Å². The molecule has 1 N–H and O–H groups in total. The molecule has 0 spiro atoms. The molecule has 31 heavy (non-hydrogen) atoms. The van der Waals surface area contributed by atoms with E-state index in [0.29, 0.717) is 32.8 Å². The zero-order valence-electron chi connectivity index (χ0n) is 18.6. The minimum absolute atomic E-state index is 0.112. The van der Waals surface area contributed by atoms with Crippen molar-refractivity contribution < 1.29 is 14.3 Å². The van der Waals surface area contributed by atoms with E-state index >= 15 is 0 Å². The maximum atomic E-state index is 12.4. The zero-order chi connectivity index (χ0) is 22.2. The molecule has 166 valence electrons. The number of aromatic nitrogens is 2. The van der Waals surface area contributed by atoms with Gasteiger partial charge in [0.05, 0.1) is 6.61 Å². The molecule has 3 rings (SSSR count). The Morgan fingerprint density at radius 3 is 2.42 bits per heavy atom. The predicted octanol–water partition coefficient (Wildman–Crippen LogP) is 2.33. The number of amides is 2. The monoisotopic (exact) mass is 425 g/mol. The summed E-state index contributed by atoms with van der Waals surface area (Å²) in [6.07, 6.45) is 1.62. The fraction of sp³-hybridized carbons (Fsp3) is 0.478. The van der Waals surface area contributed by atoms with E-state index in [0.717, 1.165) is 35.7 Å². The van der Waals surface area contributed by atoms with Crippen LogP contribution in [0.1, 0.15) is 36.5 Å². The van der Waals surface area contributed by atoms with Gasteiger partial charge < -0.3 is 19.9 Å². The van der Waals surface area contributed by atoms with Crippen molar-refractivity contribution in [2.24, 2.45) is 0 Å². The Kier molecular flexibility index (Phi) is 7.81. The van der Waals surface area contributed by atoms with E-state index in [-0.39, 0.29) is 12.6 Å². The lowest BCUT2D eigenvalue weighted by molar-refractivity contribution is -0.141. The van der Waals surface area contributed by atoms with Crippen molar-refractivity contribution in [1.82, 2.24) is 20.2 Å². The van der Waals surface area contributed by atoms with Gasteiger partial charge in [0.2, 0.25) is 0 Å². The van der Waals surface area contributed by atoms with Crippen LogP contribution in [0.5, 0.6) is 0 Å². The topological polar surface area (TPSA) is 87.7 Å². The maximum Gasteiger partial charge on any atom is 0.325 e. The van der Waals surface area contributed by atoms with Crippen LogP contribution in [0.2, 0.25) is 0 Å². The molecule has 0 saturated carbocycles. The molecular weight excluding hydrogens is 394 g/mol. The molecule has 2 aromatic rings. The minimum Gasteiger partial charge on any atom is -0.465 e. The molecule has 1 aromatic heterocycles. The molecule has 2 heterocycles. The summed E-state index contributed by atoms with van der Waals surface area (Å²) >= 11 is 0. The van der Waals surface area contributed by atoms with Crippen molar-refractivity contribution >= 4 is 17.8 Å². The summed E-state index contributed by atoms with van der Waals surface area (Å²) in [5, 5.41) is 2.63. The quantitative estimate of drug-likeness (QED) is 0.685. The molecule has 0 bridgehead atoms. The van der Waals surface area contributed by atoms with E-state index in [1.165, 1.54) is 5.56 Å². The third kappa shape index (κ3) is 5.93. The Bertz CT molecular complexity index is 896. The number of carbonyl (C=O) groups is 2. The van der Waals surface area contributed by atoms with Crippen LogP contribution in [-0.2, 0) is 22.4 Å². The van der Waals surface area contributed by atoms with Crippen LogP contribution in [0.3, 0.4) is 0 Å². The number of hydrogen-bond acceptors (Lipinski definition) is 6. The number of aryl methyl sites for hydroxylation is 2. The first-order chi connectivity index (χ1) is 15.0. The number of ether oxygens (including phenoxy) is 1. The number of nitrogens with one attached hydrogen (secondary N) is 1. The van der Waals surface area contributed by atoms with Crippen molar-refractivity contribution in [3.63, 3.8) is 0 Å². The van der Waals surface area contributed by atoms with Crippen LogP contribution < -0.4 is 10.2 Å². The number of urea groups is 1. The summed E-state index contributed by atoms with van der Waals surface area (Å²) in [5.41, 5.74) is 3.45. The van der Waals surface area contributed by atoms with Gasteiger partial charge in [0.15, 0.2) is 0 Å². The Balaban J connectivity index is 1.70. The second-order valence-electron chi connectivity index (χ2n) is 7.47. The fourth-order valence-electron chi connectivity index (χ4n) is 3.77. The van der Waals surface area contributed by atoms with Crippen molar-refractivity contribution in [2.75, 3.05) is 44.2 Å². The number of benzene rings is 1. The molecular formula is C23H31N5O3. The number of nitrogens with zero attached hydrogens (tertiary/aromatic N) is 4. The van der Waals surface area contributed by atoms with Crippen molar-refractivity contribution in [1.29, 1.82) is 0 Å². The normalized spacial score (nSPS) is 13.8. The number of hydrogen-bond donors (Lipinski definition) is 1. The molecule has 0 unspecified atom stereocenters. The Hall–Kier alpha value is -3.16. The molecule has 1 fully saturated rings. The molecule has 0 aliphatic carbocycles. The minimum atomic E-state index is -0.427. The molecule has 8 heteroatoms. The van der Waals surface area contributed by atoms with Gasteiger partial charge in [0.25, 0.3) is 0 Å². The molecule has 0 atom stereocenters. The number of esters is 1. The molecule has 2 amide bonds. The van der Waals surface area contributed by atoms with E-state index in [4.69, 9.17) is 9.72 Å². The van der Waals surface area contributed by atoms with Crippen molar-refractivity contribution in [2.45, 2.75) is 33.6 Å². The zero-order valence-corrected chi connectivity index (χ0v) is 18.6. The summed E-state index contributed by atoms with van der Waals surface area (Å²) in [6, 6.07) is 10.1. The Morgan fingerprint density at radius 2 is 1.77 bits per heavy atom. The van der Waals surface area contributed by atoms with Gasteiger partial charge in [-0.15, -0.1) is 0 Å². The van der Waals surface area contributed by atoms with Gasteiger partial charge in [-0.25, -0.2) is 14.8 Å². The number of carbonyl (C=O) groups excluding carboxylic acids is 2. The molecule has 8 nitrogen and oxygen atoms in total. The van der Waals surface area contributed by atoms with E-state index in [2.05, 4.69) is 34.3 Å². The van der Waals surface area contributed by atoms with E-state index in [1.54, 1.807) is 11.8 Å². The van der Waals surface area contributed by atoms with Gasteiger partial charge in [-0.1, -0.05) is 37.3 Å². The Labute approximate surface area is 183 Å². The van der Waals surface area contributed by atoms with E-state index in [9.17, 15) is 9.59 Å². The van der Waals surface area contributed by atoms with Crippen LogP contribution in [0, 0.1) is 6.92 Å². The number of anilines is 1. The molecule has 1 aliphatic rings. The van der Waals surface area contributed by atoms with Crippen LogP contribution in [0.4, 0.5) is 10.6 Å². The van der Waals surface area contributed by atoms with Gasteiger partial charge >= 0.3 is 12.0 Å². The highest BCUT2D eigenvalue weighted by Crippen LogP contribution is 2.26. The van der Waals surface area contributed by atoms with Crippen LogP contribution in [-0.4, -0.2) is 66.2 Å². The summed E-state index contributed by atoms with van der Waals surface area (Å²) in [5.74, 6) is 1.29. The molecule has 1 aliphatic heterocycles. The van der Waals surface area contributed by atoms with Crippen LogP contribution in [0.15, 0.2) is 30.3 Å². The van der Waals surface area contributed by atoms with Crippen molar-refractivity contribution in [3.8, 4) is 0 Å². The van der Waals surface area contributed by atoms with E-state index < -0.39 is 5.97 Å². The standard InChI is InChI=1S/C23H31N5O3/c1-4-20-19(15-18-9-7-6-8-10-18)22(26-17(3)25-20)27-11-13-28(14-12-27)23(30)24-16-21(29)31-5-2/h6-10H,4-5,11-16H2,1-3H3,(H,24,30). The summed E-state index contributed by atoms with van der Waals surface area (Å²) in [4.78, 5) is 37.3. The SMILES string of the molecule is CCOC(=O)CNC(=O)N1CCN(c2nc(C)nc(CC)c2Cc2ccccc2)CC1. The second kappa shape index (κ2) is 10.7. The fourth-order valence-corrected chi connectivity index (χ4v) is 3.77. The van der Waals surface area contributed by atoms with Crippen LogP contribution >= 0.6 is 0 Å². The lowest BCUT2D eigenvalue weighted by Gasteiger charge is -2.36. The van der Waals surface area contributed by atoms with Gasteiger partial charge in [-0.05, 0) is 25.8 Å². The maximum absolute atomic E-state index is 12.4. The van der Waals surface area contributed by atoms with E-state index in [1.807, 2.05) is 25.1 Å². The number of piperazine rings is 1. The summed E-state index contributed by atoms with van der Waals surface area (Å²) in [7, 11) is 0. The highest BCUT2D eigenvalue weighted by Gasteiger charge is 2.25. The first-order valence-electron chi connectivity index (χ1n) is 10.9.